The number of benzene rings is 3. The van der Waals surface area contributed by atoms with Crippen LogP contribution in [0.3, 0.4) is 0 Å². The molecule has 3 unspecified atom stereocenters. The minimum absolute atomic E-state index is 0.111. The summed E-state index contributed by atoms with van der Waals surface area (Å²) in [6.45, 7) is 0. The molecule has 25 heavy (non-hydrogen) atoms. The summed E-state index contributed by atoms with van der Waals surface area (Å²) in [6, 6.07) is 18.9. The first-order chi connectivity index (χ1) is 12.2. The molecule has 2 aliphatic rings. The van der Waals surface area contributed by atoms with Crippen LogP contribution in [0.1, 0.15) is 29.5 Å². The Morgan fingerprint density at radius 1 is 0.880 bits per heavy atom. The Kier molecular flexibility index (Phi) is 3.55. The quantitative estimate of drug-likeness (QED) is 0.459. The molecule has 1 aliphatic carbocycles. The highest BCUT2D eigenvalue weighted by atomic mass is 35.5. The SMILES string of the molecule is Clc1cccc(Cl)c1C1Nc2c(ccc3ccccc23)C2C=CCC21. The molecule has 3 aromatic rings. The van der Waals surface area contributed by atoms with Crippen LogP contribution < -0.4 is 5.32 Å². The van der Waals surface area contributed by atoms with Crippen LogP contribution in [-0.2, 0) is 0 Å². The maximum atomic E-state index is 6.55. The van der Waals surface area contributed by atoms with Gasteiger partial charge in [0.25, 0.3) is 0 Å². The first-order valence-electron chi connectivity index (χ1n) is 8.63. The predicted octanol–water partition coefficient (Wildman–Crippen LogP) is 6.97. The van der Waals surface area contributed by atoms with Crippen molar-refractivity contribution in [1.29, 1.82) is 0 Å². The van der Waals surface area contributed by atoms with Gasteiger partial charge in [-0.2, -0.15) is 0 Å². The van der Waals surface area contributed by atoms with E-state index in [1.165, 1.54) is 22.0 Å². The van der Waals surface area contributed by atoms with E-state index in [0.29, 0.717) is 11.8 Å². The van der Waals surface area contributed by atoms with Gasteiger partial charge < -0.3 is 5.32 Å². The lowest BCUT2D eigenvalue weighted by Crippen LogP contribution is -2.29. The van der Waals surface area contributed by atoms with Gasteiger partial charge in [0.2, 0.25) is 0 Å². The molecular formula is C22H17Cl2N. The van der Waals surface area contributed by atoms with E-state index in [9.17, 15) is 0 Å². The van der Waals surface area contributed by atoms with Crippen LogP contribution >= 0.6 is 23.2 Å². The normalized spacial score (nSPS) is 24.0. The van der Waals surface area contributed by atoms with Gasteiger partial charge in [0.15, 0.2) is 0 Å². The largest absolute Gasteiger partial charge is 0.377 e. The second kappa shape index (κ2) is 5.79. The van der Waals surface area contributed by atoms with Crippen molar-refractivity contribution in [1.82, 2.24) is 0 Å². The molecule has 0 radical (unpaired) electrons. The van der Waals surface area contributed by atoms with Gasteiger partial charge in [-0.25, -0.2) is 0 Å². The maximum absolute atomic E-state index is 6.55. The summed E-state index contributed by atoms with van der Waals surface area (Å²) >= 11 is 13.1. The van der Waals surface area contributed by atoms with E-state index in [0.717, 1.165) is 22.0 Å². The summed E-state index contributed by atoms with van der Waals surface area (Å²) in [6.07, 6.45) is 5.67. The molecule has 3 atom stereocenters. The van der Waals surface area contributed by atoms with E-state index in [1.807, 2.05) is 18.2 Å². The van der Waals surface area contributed by atoms with Crippen molar-refractivity contribution in [2.45, 2.75) is 18.4 Å². The molecule has 0 spiro atoms. The van der Waals surface area contributed by atoms with Gasteiger partial charge in [-0.3, -0.25) is 0 Å². The molecule has 1 aliphatic heterocycles. The monoisotopic (exact) mass is 365 g/mol. The third-order valence-electron chi connectivity index (χ3n) is 5.57. The number of hydrogen-bond donors (Lipinski definition) is 1. The van der Waals surface area contributed by atoms with Crippen LogP contribution in [0.25, 0.3) is 10.8 Å². The number of fused-ring (bicyclic) bond motifs is 5. The predicted molar refractivity (Wildman–Crippen MR) is 107 cm³/mol. The summed E-state index contributed by atoms with van der Waals surface area (Å²) in [5, 5.41) is 7.78. The fourth-order valence-corrected chi connectivity index (χ4v) is 5.07. The number of allylic oxidation sites excluding steroid dienone is 2. The molecule has 3 aromatic carbocycles. The zero-order chi connectivity index (χ0) is 17.0. The number of halogens is 2. The van der Waals surface area contributed by atoms with E-state index in [1.54, 1.807) is 0 Å². The van der Waals surface area contributed by atoms with Gasteiger partial charge in [-0.05, 0) is 35.4 Å². The van der Waals surface area contributed by atoms with Crippen molar-refractivity contribution >= 4 is 39.7 Å². The summed E-state index contributed by atoms with van der Waals surface area (Å²) in [4.78, 5) is 0. The van der Waals surface area contributed by atoms with Gasteiger partial charge >= 0.3 is 0 Å². The van der Waals surface area contributed by atoms with Crippen LogP contribution in [0.2, 0.25) is 10.0 Å². The lowest BCUT2D eigenvalue weighted by atomic mass is 9.76. The molecule has 0 amide bonds. The van der Waals surface area contributed by atoms with Gasteiger partial charge in [0, 0.05) is 32.6 Å². The first-order valence-corrected chi connectivity index (χ1v) is 9.38. The highest BCUT2D eigenvalue weighted by Crippen LogP contribution is 2.53. The lowest BCUT2D eigenvalue weighted by Gasteiger charge is -2.38. The van der Waals surface area contributed by atoms with E-state index in [-0.39, 0.29) is 6.04 Å². The number of hydrogen-bond acceptors (Lipinski definition) is 1. The minimum Gasteiger partial charge on any atom is -0.377 e. The Labute approximate surface area is 157 Å². The molecular weight excluding hydrogens is 349 g/mol. The molecule has 1 N–H and O–H groups in total. The van der Waals surface area contributed by atoms with E-state index >= 15 is 0 Å². The third kappa shape index (κ3) is 2.30. The summed E-state index contributed by atoms with van der Waals surface area (Å²) in [5.41, 5.74) is 3.60. The maximum Gasteiger partial charge on any atom is 0.0583 e. The molecule has 0 aromatic heterocycles. The second-order valence-electron chi connectivity index (χ2n) is 6.86. The van der Waals surface area contributed by atoms with E-state index in [4.69, 9.17) is 23.2 Å². The van der Waals surface area contributed by atoms with Crippen LogP contribution in [0.15, 0.2) is 66.7 Å². The fourth-order valence-electron chi connectivity index (χ4n) is 4.43. The highest BCUT2D eigenvalue weighted by Gasteiger charge is 2.39. The van der Waals surface area contributed by atoms with Gasteiger partial charge in [0.05, 0.1) is 6.04 Å². The Morgan fingerprint density at radius 3 is 2.52 bits per heavy atom. The lowest BCUT2D eigenvalue weighted by molar-refractivity contribution is 0.426. The number of rotatable bonds is 1. The molecule has 0 fully saturated rings. The topological polar surface area (TPSA) is 12.0 Å². The van der Waals surface area contributed by atoms with Gasteiger partial charge in [-0.15, -0.1) is 0 Å². The highest BCUT2D eigenvalue weighted by molar-refractivity contribution is 6.36. The van der Waals surface area contributed by atoms with Crippen molar-refractivity contribution in [3.05, 3.63) is 87.9 Å². The van der Waals surface area contributed by atoms with Crippen LogP contribution in [0.5, 0.6) is 0 Å². The second-order valence-corrected chi connectivity index (χ2v) is 7.68. The molecule has 3 heteroatoms. The Hall–Kier alpha value is -1.96. The summed E-state index contributed by atoms with van der Waals surface area (Å²) < 4.78 is 0. The van der Waals surface area contributed by atoms with Crippen molar-refractivity contribution in [2.75, 3.05) is 5.32 Å². The standard InChI is InChI=1S/C22H17Cl2N/c23-18-9-4-10-19(24)20(18)22-16-8-3-7-15(16)17-12-11-13-5-1-2-6-14(13)21(17)25-22/h1-7,9-12,15-16,22,25H,8H2. The molecule has 5 rings (SSSR count). The summed E-state index contributed by atoms with van der Waals surface area (Å²) in [7, 11) is 0. The van der Waals surface area contributed by atoms with E-state index in [2.05, 4.69) is 53.9 Å². The summed E-state index contributed by atoms with van der Waals surface area (Å²) in [5.74, 6) is 0.837. The fraction of sp³-hybridized carbons (Fsp3) is 0.182. The van der Waals surface area contributed by atoms with Crippen LogP contribution in [0, 0.1) is 5.92 Å². The molecule has 1 heterocycles. The van der Waals surface area contributed by atoms with Crippen molar-refractivity contribution in [3.8, 4) is 0 Å². The average molecular weight is 366 g/mol. The number of nitrogens with one attached hydrogen (secondary N) is 1. The number of anilines is 1. The Balaban J connectivity index is 1.74. The average Bonchev–Trinajstić information content (AvgIpc) is 3.11. The molecule has 0 saturated carbocycles. The third-order valence-corrected chi connectivity index (χ3v) is 6.23. The molecule has 124 valence electrons. The molecule has 0 bridgehead atoms. The zero-order valence-corrected chi connectivity index (χ0v) is 15.1. The zero-order valence-electron chi connectivity index (χ0n) is 13.5. The van der Waals surface area contributed by atoms with Crippen molar-refractivity contribution < 1.29 is 0 Å². The molecule has 1 nitrogen and oxygen atoms in total. The van der Waals surface area contributed by atoms with Crippen molar-refractivity contribution in [2.24, 2.45) is 5.92 Å². The van der Waals surface area contributed by atoms with Gasteiger partial charge in [-0.1, -0.05) is 77.8 Å². The Morgan fingerprint density at radius 2 is 1.68 bits per heavy atom. The van der Waals surface area contributed by atoms with Crippen molar-refractivity contribution in [3.63, 3.8) is 0 Å². The van der Waals surface area contributed by atoms with E-state index < -0.39 is 0 Å². The Bertz CT molecular complexity index is 988. The minimum atomic E-state index is 0.111. The van der Waals surface area contributed by atoms with Crippen LogP contribution in [0.4, 0.5) is 5.69 Å². The molecule has 0 saturated heterocycles. The first kappa shape index (κ1) is 15.3. The van der Waals surface area contributed by atoms with Gasteiger partial charge in [0.1, 0.15) is 0 Å². The van der Waals surface area contributed by atoms with Crippen LogP contribution in [-0.4, -0.2) is 0 Å². The smallest absolute Gasteiger partial charge is 0.0583 e.